The standard InChI is InChI=1S/C22H26ClFN2O2/c1-15(2)25-22(28)16(3)26(14-17-8-11-19(24)12-9-17)21(27)13-10-18-6-4-5-7-20(18)23/h4-9,11-12,15-16H,10,13-14H2,1-3H3,(H,25,28)/t16-/m0/s1. The van der Waals surface area contributed by atoms with E-state index in [-0.39, 0.29) is 36.6 Å². The maximum absolute atomic E-state index is 13.2. The zero-order valence-corrected chi connectivity index (χ0v) is 17.2. The van der Waals surface area contributed by atoms with E-state index in [1.165, 1.54) is 17.0 Å². The fraction of sp³-hybridized carbons (Fsp3) is 0.364. The van der Waals surface area contributed by atoms with Gasteiger partial charge >= 0.3 is 0 Å². The normalized spacial score (nSPS) is 11.9. The predicted molar refractivity (Wildman–Crippen MR) is 109 cm³/mol. The Morgan fingerprint density at radius 1 is 1.07 bits per heavy atom. The first-order chi connectivity index (χ1) is 13.3. The molecule has 2 rings (SSSR count). The first-order valence-electron chi connectivity index (χ1n) is 9.35. The van der Waals surface area contributed by atoms with Crippen molar-refractivity contribution in [2.75, 3.05) is 0 Å². The van der Waals surface area contributed by atoms with Crippen LogP contribution in [0, 0.1) is 5.82 Å². The summed E-state index contributed by atoms with van der Waals surface area (Å²) in [6, 6.07) is 12.7. The number of aryl methyl sites for hydroxylation is 1. The van der Waals surface area contributed by atoms with Crippen molar-refractivity contribution in [3.05, 3.63) is 70.5 Å². The van der Waals surface area contributed by atoms with E-state index in [2.05, 4.69) is 5.32 Å². The lowest BCUT2D eigenvalue weighted by Crippen LogP contribution is -2.49. The van der Waals surface area contributed by atoms with E-state index in [0.29, 0.717) is 11.4 Å². The molecule has 0 spiro atoms. The highest BCUT2D eigenvalue weighted by Crippen LogP contribution is 2.18. The van der Waals surface area contributed by atoms with E-state index in [1.54, 1.807) is 25.1 Å². The van der Waals surface area contributed by atoms with Gasteiger partial charge in [-0.3, -0.25) is 9.59 Å². The van der Waals surface area contributed by atoms with Gasteiger partial charge < -0.3 is 10.2 Å². The molecule has 2 aromatic rings. The number of nitrogens with zero attached hydrogens (tertiary/aromatic N) is 1. The summed E-state index contributed by atoms with van der Waals surface area (Å²) in [4.78, 5) is 27.0. The smallest absolute Gasteiger partial charge is 0.242 e. The number of carbonyl (C=O) groups is 2. The Hall–Kier alpha value is -2.40. The maximum Gasteiger partial charge on any atom is 0.242 e. The van der Waals surface area contributed by atoms with Gasteiger partial charge in [-0.25, -0.2) is 4.39 Å². The van der Waals surface area contributed by atoms with Gasteiger partial charge in [0.05, 0.1) is 0 Å². The quantitative estimate of drug-likeness (QED) is 0.710. The summed E-state index contributed by atoms with van der Waals surface area (Å²) in [5.41, 5.74) is 1.65. The minimum atomic E-state index is -0.647. The van der Waals surface area contributed by atoms with Crippen molar-refractivity contribution < 1.29 is 14.0 Å². The van der Waals surface area contributed by atoms with Crippen molar-refractivity contribution >= 4 is 23.4 Å². The highest BCUT2D eigenvalue weighted by atomic mass is 35.5. The van der Waals surface area contributed by atoms with Crippen molar-refractivity contribution in [1.29, 1.82) is 0 Å². The molecule has 1 N–H and O–H groups in total. The van der Waals surface area contributed by atoms with Crippen LogP contribution >= 0.6 is 11.6 Å². The largest absolute Gasteiger partial charge is 0.352 e. The number of amides is 2. The van der Waals surface area contributed by atoms with Crippen LogP contribution < -0.4 is 5.32 Å². The number of hydrogen-bond donors (Lipinski definition) is 1. The van der Waals surface area contributed by atoms with Gasteiger partial charge in [0.15, 0.2) is 0 Å². The minimum Gasteiger partial charge on any atom is -0.352 e. The van der Waals surface area contributed by atoms with Gasteiger partial charge in [-0.2, -0.15) is 0 Å². The highest BCUT2D eigenvalue weighted by Gasteiger charge is 2.26. The molecule has 6 heteroatoms. The summed E-state index contributed by atoms with van der Waals surface area (Å²) in [6.45, 7) is 5.67. The average molecular weight is 405 g/mol. The fourth-order valence-electron chi connectivity index (χ4n) is 2.86. The Morgan fingerprint density at radius 3 is 2.32 bits per heavy atom. The third-order valence-electron chi connectivity index (χ3n) is 4.43. The summed E-state index contributed by atoms with van der Waals surface area (Å²) in [5.74, 6) is -0.718. The molecule has 4 nitrogen and oxygen atoms in total. The summed E-state index contributed by atoms with van der Waals surface area (Å²) in [5, 5.41) is 3.46. The number of halogens is 2. The van der Waals surface area contributed by atoms with E-state index < -0.39 is 6.04 Å². The van der Waals surface area contributed by atoms with Gasteiger partial charge in [-0.1, -0.05) is 41.9 Å². The Labute approximate surface area is 170 Å². The van der Waals surface area contributed by atoms with Crippen LogP contribution in [0.4, 0.5) is 4.39 Å². The van der Waals surface area contributed by atoms with Gasteiger partial charge in [0.1, 0.15) is 11.9 Å². The number of nitrogens with one attached hydrogen (secondary N) is 1. The summed E-state index contributed by atoms with van der Waals surface area (Å²) >= 11 is 6.18. The van der Waals surface area contributed by atoms with Crippen LogP contribution in [-0.4, -0.2) is 28.8 Å². The molecule has 1 atom stereocenters. The van der Waals surface area contributed by atoms with Crippen LogP contribution in [0.25, 0.3) is 0 Å². The van der Waals surface area contributed by atoms with Crippen LogP contribution in [0.5, 0.6) is 0 Å². The Bertz CT molecular complexity index is 808. The van der Waals surface area contributed by atoms with Gasteiger partial charge in [0, 0.05) is 24.0 Å². The first-order valence-corrected chi connectivity index (χ1v) is 9.73. The lowest BCUT2D eigenvalue weighted by molar-refractivity contribution is -0.140. The molecule has 28 heavy (non-hydrogen) atoms. The number of carbonyl (C=O) groups excluding carboxylic acids is 2. The molecule has 0 unspecified atom stereocenters. The lowest BCUT2D eigenvalue weighted by Gasteiger charge is -2.29. The first kappa shape index (κ1) is 21.9. The molecule has 0 aliphatic carbocycles. The topological polar surface area (TPSA) is 49.4 Å². The lowest BCUT2D eigenvalue weighted by atomic mass is 10.1. The molecule has 0 aliphatic heterocycles. The van der Waals surface area contributed by atoms with Gasteiger partial charge in [0.25, 0.3) is 0 Å². The minimum absolute atomic E-state index is 0.0270. The van der Waals surface area contributed by atoms with Gasteiger partial charge in [0.2, 0.25) is 11.8 Å². The van der Waals surface area contributed by atoms with Crippen molar-refractivity contribution in [3.8, 4) is 0 Å². The molecule has 0 radical (unpaired) electrons. The van der Waals surface area contributed by atoms with Crippen LogP contribution in [0.1, 0.15) is 38.3 Å². The molecular weight excluding hydrogens is 379 g/mol. The molecule has 0 saturated heterocycles. The predicted octanol–water partition coefficient (Wildman–Crippen LogP) is 4.35. The van der Waals surface area contributed by atoms with Gasteiger partial charge in [-0.15, -0.1) is 0 Å². The zero-order valence-electron chi connectivity index (χ0n) is 16.4. The zero-order chi connectivity index (χ0) is 20.7. The number of rotatable bonds is 8. The van der Waals surface area contributed by atoms with Crippen LogP contribution in [-0.2, 0) is 22.6 Å². The fourth-order valence-corrected chi connectivity index (χ4v) is 3.09. The molecule has 0 saturated carbocycles. The van der Waals surface area contributed by atoms with Crippen molar-refractivity contribution in [1.82, 2.24) is 10.2 Å². The molecule has 2 aromatic carbocycles. The molecular formula is C22H26ClFN2O2. The van der Waals surface area contributed by atoms with Crippen LogP contribution in [0.3, 0.4) is 0 Å². The molecule has 0 heterocycles. The second-order valence-corrected chi connectivity index (χ2v) is 7.49. The molecule has 0 aliphatic rings. The maximum atomic E-state index is 13.2. The van der Waals surface area contributed by atoms with E-state index in [9.17, 15) is 14.0 Å². The van der Waals surface area contributed by atoms with Crippen LogP contribution in [0.15, 0.2) is 48.5 Å². The summed E-state index contributed by atoms with van der Waals surface area (Å²) < 4.78 is 13.2. The second kappa shape index (κ2) is 10.2. The SMILES string of the molecule is CC(C)NC(=O)[C@H](C)N(Cc1ccc(F)cc1)C(=O)CCc1ccccc1Cl. The van der Waals surface area contributed by atoms with Gasteiger partial charge in [-0.05, 0) is 56.5 Å². The Kier molecular flexibility index (Phi) is 8.00. The van der Waals surface area contributed by atoms with Crippen molar-refractivity contribution in [2.24, 2.45) is 0 Å². The Balaban J connectivity index is 2.15. The van der Waals surface area contributed by atoms with E-state index >= 15 is 0 Å². The third-order valence-corrected chi connectivity index (χ3v) is 4.80. The van der Waals surface area contributed by atoms with E-state index in [0.717, 1.165) is 11.1 Å². The summed E-state index contributed by atoms with van der Waals surface area (Å²) in [7, 11) is 0. The van der Waals surface area contributed by atoms with E-state index in [4.69, 9.17) is 11.6 Å². The number of hydrogen-bond acceptors (Lipinski definition) is 2. The molecule has 0 aromatic heterocycles. The molecule has 150 valence electrons. The molecule has 0 fully saturated rings. The van der Waals surface area contributed by atoms with Crippen LogP contribution in [0.2, 0.25) is 5.02 Å². The molecule has 0 bridgehead atoms. The van der Waals surface area contributed by atoms with E-state index in [1.807, 2.05) is 32.0 Å². The second-order valence-electron chi connectivity index (χ2n) is 7.08. The summed E-state index contributed by atoms with van der Waals surface area (Å²) in [6.07, 6.45) is 0.709. The third kappa shape index (κ3) is 6.34. The number of benzene rings is 2. The van der Waals surface area contributed by atoms with Crippen molar-refractivity contribution in [3.63, 3.8) is 0 Å². The monoisotopic (exact) mass is 404 g/mol. The van der Waals surface area contributed by atoms with Crippen molar-refractivity contribution in [2.45, 2.75) is 52.2 Å². The molecule has 2 amide bonds. The average Bonchev–Trinajstić information content (AvgIpc) is 2.65. The Morgan fingerprint density at radius 2 is 1.71 bits per heavy atom. The highest BCUT2D eigenvalue weighted by molar-refractivity contribution is 6.31.